The Kier molecular flexibility index (Phi) is 8.89. The Morgan fingerprint density at radius 2 is 1.87 bits per heavy atom. The van der Waals surface area contributed by atoms with E-state index in [1.807, 2.05) is 42.6 Å². The van der Waals surface area contributed by atoms with Gasteiger partial charge in [-0.25, -0.2) is 4.79 Å². The predicted molar refractivity (Wildman–Crippen MR) is 116 cm³/mol. The Morgan fingerprint density at radius 3 is 2.50 bits per heavy atom. The molecule has 0 aliphatic carbocycles. The number of carbonyl (C=O) groups excluding carboxylic acids is 1. The lowest BCUT2D eigenvalue weighted by molar-refractivity contribution is -0.154. The van der Waals surface area contributed by atoms with Gasteiger partial charge in [0.05, 0.1) is 12.9 Å². The molecule has 0 radical (unpaired) electrons. The van der Waals surface area contributed by atoms with Crippen molar-refractivity contribution in [3.05, 3.63) is 71.9 Å². The molecule has 2 rings (SSSR count). The second-order valence-corrected chi connectivity index (χ2v) is 8.14. The maximum absolute atomic E-state index is 11.8. The van der Waals surface area contributed by atoms with E-state index in [4.69, 9.17) is 13.7 Å². The van der Waals surface area contributed by atoms with E-state index in [1.165, 1.54) is 7.11 Å². The number of nitrogens with one attached hydrogen (secondary N) is 1. The molecule has 0 amide bonds. The molecule has 1 atom stereocenters. The van der Waals surface area contributed by atoms with E-state index in [2.05, 4.69) is 5.32 Å². The minimum Gasteiger partial charge on any atom is -0.464 e. The van der Waals surface area contributed by atoms with Crippen LogP contribution in [0.2, 0.25) is 0 Å². The van der Waals surface area contributed by atoms with Crippen molar-refractivity contribution < 1.29 is 26.9 Å². The first-order chi connectivity index (χ1) is 14.3. The topological polar surface area (TPSA) is 90.9 Å². The van der Waals surface area contributed by atoms with Gasteiger partial charge in [-0.1, -0.05) is 30.3 Å². The molecule has 2 aromatic carbocycles. The van der Waals surface area contributed by atoms with Gasteiger partial charge >= 0.3 is 16.1 Å². The average Bonchev–Trinajstić information content (AvgIpc) is 2.69. The summed E-state index contributed by atoms with van der Waals surface area (Å²) in [6.07, 6.45) is 5.19. The van der Waals surface area contributed by atoms with Crippen LogP contribution in [0.25, 0.3) is 0 Å². The molecular weight excluding hydrogens is 406 g/mol. The molecule has 0 aromatic heterocycles. The zero-order valence-corrected chi connectivity index (χ0v) is 18.1. The number of ether oxygens (including phenoxy) is 2. The molecule has 162 valence electrons. The number of methoxy groups -OCH3 is 1. The van der Waals surface area contributed by atoms with E-state index in [0.717, 1.165) is 23.1 Å². The van der Waals surface area contributed by atoms with E-state index in [-0.39, 0.29) is 5.97 Å². The number of benzene rings is 2. The summed E-state index contributed by atoms with van der Waals surface area (Å²) in [5.74, 6) is -0.0692. The molecule has 0 fully saturated rings. The summed E-state index contributed by atoms with van der Waals surface area (Å²) in [6.45, 7) is 2.08. The zero-order chi connectivity index (χ0) is 22.0. The van der Waals surface area contributed by atoms with Crippen molar-refractivity contribution in [2.24, 2.45) is 0 Å². The minimum absolute atomic E-state index is 0.295. The first-order valence-electron chi connectivity index (χ1n) is 9.49. The molecule has 1 unspecified atom stereocenters. The molecule has 0 saturated carbocycles. The number of rotatable bonds is 11. The van der Waals surface area contributed by atoms with Crippen molar-refractivity contribution in [3.8, 4) is 5.75 Å². The summed E-state index contributed by atoms with van der Waals surface area (Å²) >= 11 is 0. The van der Waals surface area contributed by atoms with E-state index in [1.54, 1.807) is 25.1 Å². The second kappa shape index (κ2) is 11.4. The molecule has 7 nitrogen and oxygen atoms in total. The average molecular weight is 434 g/mol. The third-order valence-corrected chi connectivity index (χ3v) is 4.57. The van der Waals surface area contributed by atoms with Gasteiger partial charge in [-0.3, -0.25) is 0 Å². The lowest BCUT2D eigenvalue weighted by atomic mass is 10.1. The van der Waals surface area contributed by atoms with Crippen LogP contribution in [0, 0.1) is 0 Å². The maximum Gasteiger partial charge on any atom is 0.335 e. The van der Waals surface area contributed by atoms with Gasteiger partial charge in [0.25, 0.3) is 0 Å². The van der Waals surface area contributed by atoms with Gasteiger partial charge in [0, 0.05) is 19.2 Å². The quantitative estimate of drug-likeness (QED) is 0.429. The van der Waals surface area contributed by atoms with Crippen LogP contribution in [0.3, 0.4) is 0 Å². The lowest BCUT2D eigenvalue weighted by Gasteiger charge is -2.14. The molecule has 30 heavy (non-hydrogen) atoms. The van der Waals surface area contributed by atoms with Crippen LogP contribution in [0.15, 0.2) is 60.8 Å². The Balaban J connectivity index is 1.87. The first-order valence-corrected chi connectivity index (χ1v) is 11.3. The molecule has 0 saturated heterocycles. The third-order valence-electron chi connectivity index (χ3n) is 4.08. The Hall–Kier alpha value is -2.84. The number of hydrogen-bond donors (Lipinski definition) is 1. The fourth-order valence-corrected chi connectivity index (χ4v) is 3.15. The molecule has 2 aromatic rings. The molecule has 0 spiro atoms. The van der Waals surface area contributed by atoms with Gasteiger partial charge < -0.3 is 19.0 Å². The predicted octanol–water partition coefficient (Wildman–Crippen LogP) is 3.31. The van der Waals surface area contributed by atoms with Crippen LogP contribution in [0.5, 0.6) is 5.75 Å². The van der Waals surface area contributed by atoms with Gasteiger partial charge in [0.1, 0.15) is 5.75 Å². The number of carbonyl (C=O) groups is 1. The summed E-state index contributed by atoms with van der Waals surface area (Å²) < 4.78 is 37.5. The van der Waals surface area contributed by atoms with E-state index in [0.29, 0.717) is 25.2 Å². The summed E-state index contributed by atoms with van der Waals surface area (Å²) in [5.41, 5.74) is 2.79. The highest BCUT2D eigenvalue weighted by molar-refractivity contribution is 7.86. The largest absolute Gasteiger partial charge is 0.464 e. The molecule has 0 aliphatic rings. The van der Waals surface area contributed by atoms with Crippen molar-refractivity contribution >= 4 is 21.8 Å². The number of anilines is 1. The fraction of sp³-hybridized carbons (Fsp3) is 0.318. The molecule has 8 heteroatoms. The normalized spacial score (nSPS) is 12.5. The summed E-state index contributed by atoms with van der Waals surface area (Å²) in [4.78, 5) is 11.8. The highest BCUT2D eigenvalue weighted by Gasteiger charge is 2.19. The smallest absolute Gasteiger partial charge is 0.335 e. The van der Waals surface area contributed by atoms with Crippen molar-refractivity contribution in [2.75, 3.05) is 25.3 Å². The van der Waals surface area contributed by atoms with E-state index >= 15 is 0 Å². The van der Waals surface area contributed by atoms with Crippen LogP contribution in [-0.2, 0) is 37.2 Å². The van der Waals surface area contributed by atoms with Crippen LogP contribution in [0.1, 0.15) is 18.1 Å². The standard InChI is InChI=1S/C22H27NO6S/c1-4-28-22(24)21(27-2)16-18-10-12-19(13-11-18)23-14-6-8-17-7-5-9-20(15-17)29-30(3,25)26/h5-7,9-15,21,23H,4,8,16H2,1-3H3. The number of hydrogen-bond acceptors (Lipinski definition) is 7. The first kappa shape index (κ1) is 23.4. The van der Waals surface area contributed by atoms with Gasteiger partial charge in [0.2, 0.25) is 0 Å². The van der Waals surface area contributed by atoms with Crippen molar-refractivity contribution in [1.82, 2.24) is 0 Å². The van der Waals surface area contributed by atoms with Crippen LogP contribution >= 0.6 is 0 Å². The summed E-state index contributed by atoms with van der Waals surface area (Å²) in [7, 11) is -2.05. The van der Waals surface area contributed by atoms with E-state index in [9.17, 15) is 13.2 Å². The molecule has 0 aliphatic heterocycles. The SMILES string of the molecule is CCOC(=O)C(Cc1ccc(NC=CCc2cccc(OS(C)(=O)=O)c2)cc1)OC. The van der Waals surface area contributed by atoms with Crippen LogP contribution in [0.4, 0.5) is 5.69 Å². The van der Waals surface area contributed by atoms with Crippen LogP contribution < -0.4 is 9.50 Å². The van der Waals surface area contributed by atoms with Crippen molar-refractivity contribution in [1.29, 1.82) is 0 Å². The molecular formula is C22H27NO6S. The van der Waals surface area contributed by atoms with Gasteiger partial charge in [0.15, 0.2) is 6.10 Å². The number of esters is 1. The van der Waals surface area contributed by atoms with Crippen LogP contribution in [-0.4, -0.2) is 40.5 Å². The summed E-state index contributed by atoms with van der Waals surface area (Å²) in [6, 6.07) is 14.6. The van der Waals surface area contributed by atoms with Crippen molar-refractivity contribution in [2.45, 2.75) is 25.9 Å². The molecule has 1 N–H and O–H groups in total. The minimum atomic E-state index is -3.54. The number of allylic oxidation sites excluding steroid dienone is 1. The summed E-state index contributed by atoms with van der Waals surface area (Å²) in [5, 5.41) is 3.17. The molecule has 0 bridgehead atoms. The lowest BCUT2D eigenvalue weighted by Crippen LogP contribution is -2.27. The highest BCUT2D eigenvalue weighted by Crippen LogP contribution is 2.16. The zero-order valence-electron chi connectivity index (χ0n) is 17.3. The van der Waals surface area contributed by atoms with E-state index < -0.39 is 16.2 Å². The fourth-order valence-electron chi connectivity index (χ4n) is 2.70. The third kappa shape index (κ3) is 8.26. The Labute approximate surface area is 177 Å². The second-order valence-electron chi connectivity index (χ2n) is 6.56. The molecule has 0 heterocycles. The Morgan fingerprint density at radius 1 is 1.13 bits per heavy atom. The maximum atomic E-state index is 11.8. The van der Waals surface area contributed by atoms with Crippen molar-refractivity contribution in [3.63, 3.8) is 0 Å². The van der Waals surface area contributed by atoms with Gasteiger partial charge in [-0.05, 0) is 54.9 Å². The Bertz CT molecular complexity index is 954. The van der Waals surface area contributed by atoms with Gasteiger partial charge in [-0.2, -0.15) is 8.42 Å². The highest BCUT2D eigenvalue weighted by atomic mass is 32.2. The monoisotopic (exact) mass is 433 g/mol. The van der Waals surface area contributed by atoms with Gasteiger partial charge in [-0.15, -0.1) is 0 Å².